The zero-order chi connectivity index (χ0) is 14.6. The summed E-state index contributed by atoms with van der Waals surface area (Å²) >= 11 is 0. The number of amides is 2. The van der Waals surface area contributed by atoms with Crippen molar-refractivity contribution in [1.82, 2.24) is 10.6 Å². The van der Waals surface area contributed by atoms with Crippen LogP contribution in [0.5, 0.6) is 0 Å². The molecule has 0 saturated carbocycles. The van der Waals surface area contributed by atoms with Crippen molar-refractivity contribution in [2.45, 2.75) is 33.2 Å². The van der Waals surface area contributed by atoms with Crippen molar-refractivity contribution in [2.75, 3.05) is 6.54 Å². The first-order valence-electron chi connectivity index (χ1n) is 5.49. The number of carboxylic acid groups (broad SMARTS) is 1. The zero-order valence-corrected chi connectivity index (χ0v) is 11.2. The molecule has 2 amide bonds. The highest BCUT2D eigenvalue weighted by atomic mass is 16.4. The molecular formula is C12H20N2O4. The second-order valence-corrected chi connectivity index (χ2v) is 5.03. The van der Waals surface area contributed by atoms with Crippen molar-refractivity contribution in [3.8, 4) is 0 Å². The Morgan fingerprint density at radius 3 is 2.11 bits per heavy atom. The Labute approximate surface area is 106 Å². The van der Waals surface area contributed by atoms with E-state index in [4.69, 9.17) is 5.11 Å². The van der Waals surface area contributed by atoms with Gasteiger partial charge in [0, 0.05) is 0 Å². The van der Waals surface area contributed by atoms with Gasteiger partial charge in [0.2, 0.25) is 11.8 Å². The molecule has 0 fully saturated rings. The summed E-state index contributed by atoms with van der Waals surface area (Å²) in [5, 5.41) is 14.0. The van der Waals surface area contributed by atoms with Gasteiger partial charge in [-0.05, 0) is 33.8 Å². The molecule has 6 nitrogen and oxygen atoms in total. The second-order valence-electron chi connectivity index (χ2n) is 5.03. The molecule has 0 heterocycles. The number of rotatable bonds is 6. The maximum Gasteiger partial charge on any atom is 0.311 e. The topological polar surface area (TPSA) is 95.5 Å². The predicted octanol–water partition coefficient (Wildman–Crippen LogP) is 0.294. The van der Waals surface area contributed by atoms with E-state index in [0.717, 1.165) is 6.08 Å². The number of carbonyl (C=O) groups excluding carboxylic acids is 2. The summed E-state index contributed by atoms with van der Waals surface area (Å²) in [5.41, 5.74) is -2.08. The van der Waals surface area contributed by atoms with Crippen LogP contribution < -0.4 is 10.6 Å². The van der Waals surface area contributed by atoms with Crippen LogP contribution in [0.4, 0.5) is 0 Å². The molecule has 0 aromatic rings. The van der Waals surface area contributed by atoms with Crippen molar-refractivity contribution in [1.29, 1.82) is 0 Å². The lowest BCUT2D eigenvalue weighted by atomic mass is 9.74. The van der Waals surface area contributed by atoms with Gasteiger partial charge in [-0.15, -0.1) is 0 Å². The third kappa shape index (κ3) is 3.87. The summed E-state index contributed by atoms with van der Waals surface area (Å²) in [6.45, 7) is 9.33. The quantitative estimate of drug-likeness (QED) is 0.595. The minimum absolute atomic E-state index is 0.218. The van der Waals surface area contributed by atoms with E-state index in [1.165, 1.54) is 13.8 Å². The van der Waals surface area contributed by atoms with Crippen molar-refractivity contribution in [3.63, 3.8) is 0 Å². The van der Waals surface area contributed by atoms with Crippen LogP contribution in [0.2, 0.25) is 0 Å². The van der Waals surface area contributed by atoms with E-state index in [-0.39, 0.29) is 6.54 Å². The van der Waals surface area contributed by atoms with Gasteiger partial charge in [-0.1, -0.05) is 6.58 Å². The first-order valence-corrected chi connectivity index (χ1v) is 5.49. The third-order valence-corrected chi connectivity index (χ3v) is 3.16. The zero-order valence-electron chi connectivity index (χ0n) is 11.2. The van der Waals surface area contributed by atoms with E-state index < -0.39 is 28.7 Å². The average Bonchev–Trinajstić information content (AvgIpc) is 2.24. The van der Waals surface area contributed by atoms with Crippen molar-refractivity contribution < 1.29 is 19.5 Å². The SMILES string of the molecule is C=CC(=O)NCC(=O)NC(C)(C)C(C)(C)C(=O)O. The molecule has 0 bridgehead atoms. The normalized spacial score (nSPS) is 11.6. The largest absolute Gasteiger partial charge is 0.481 e. The molecule has 102 valence electrons. The van der Waals surface area contributed by atoms with Crippen LogP contribution in [0.3, 0.4) is 0 Å². The van der Waals surface area contributed by atoms with Crippen LogP contribution in [-0.2, 0) is 14.4 Å². The van der Waals surface area contributed by atoms with E-state index in [1.807, 2.05) is 0 Å². The van der Waals surface area contributed by atoms with E-state index in [0.29, 0.717) is 0 Å². The molecule has 0 aromatic heterocycles. The molecule has 0 spiro atoms. The fraction of sp³-hybridized carbons (Fsp3) is 0.583. The highest BCUT2D eigenvalue weighted by Gasteiger charge is 2.44. The number of nitrogens with one attached hydrogen (secondary N) is 2. The number of carboxylic acids is 1. The fourth-order valence-electron chi connectivity index (χ4n) is 1.06. The molecule has 6 heteroatoms. The highest BCUT2D eigenvalue weighted by molar-refractivity contribution is 5.91. The molecule has 18 heavy (non-hydrogen) atoms. The first-order chi connectivity index (χ1) is 8.04. The van der Waals surface area contributed by atoms with Gasteiger partial charge < -0.3 is 15.7 Å². The lowest BCUT2D eigenvalue weighted by Gasteiger charge is -2.38. The summed E-state index contributed by atoms with van der Waals surface area (Å²) in [6.07, 6.45) is 1.06. The van der Waals surface area contributed by atoms with E-state index in [9.17, 15) is 14.4 Å². The van der Waals surface area contributed by atoms with Gasteiger partial charge >= 0.3 is 5.97 Å². The molecule has 0 aromatic carbocycles. The second kappa shape index (κ2) is 5.66. The lowest BCUT2D eigenvalue weighted by molar-refractivity contribution is -0.151. The van der Waals surface area contributed by atoms with Gasteiger partial charge in [-0.25, -0.2) is 0 Å². The van der Waals surface area contributed by atoms with Crippen molar-refractivity contribution in [2.24, 2.45) is 5.41 Å². The van der Waals surface area contributed by atoms with Crippen LogP contribution in [0, 0.1) is 5.41 Å². The number of hydrogen-bond donors (Lipinski definition) is 3. The Hall–Kier alpha value is -1.85. The number of carbonyl (C=O) groups is 3. The van der Waals surface area contributed by atoms with E-state index in [2.05, 4.69) is 17.2 Å². The van der Waals surface area contributed by atoms with Crippen LogP contribution in [-0.4, -0.2) is 35.0 Å². The standard InChI is InChI=1S/C12H20N2O4/c1-6-8(15)13-7-9(16)14-12(4,5)11(2,3)10(17)18/h6H,1,7H2,2-5H3,(H,13,15)(H,14,16)(H,17,18). The van der Waals surface area contributed by atoms with Crippen LogP contribution >= 0.6 is 0 Å². The van der Waals surface area contributed by atoms with Crippen LogP contribution in [0.1, 0.15) is 27.7 Å². The molecule has 0 rings (SSSR count). The first kappa shape index (κ1) is 16.1. The van der Waals surface area contributed by atoms with Crippen molar-refractivity contribution >= 4 is 17.8 Å². The monoisotopic (exact) mass is 256 g/mol. The predicted molar refractivity (Wildman–Crippen MR) is 66.8 cm³/mol. The average molecular weight is 256 g/mol. The third-order valence-electron chi connectivity index (χ3n) is 3.16. The molecule has 0 aliphatic heterocycles. The van der Waals surface area contributed by atoms with Gasteiger partial charge in [0.25, 0.3) is 0 Å². The highest BCUT2D eigenvalue weighted by Crippen LogP contribution is 2.30. The Bertz CT molecular complexity index is 372. The smallest absolute Gasteiger partial charge is 0.311 e. The summed E-state index contributed by atoms with van der Waals surface area (Å²) in [4.78, 5) is 33.6. The van der Waals surface area contributed by atoms with Gasteiger partial charge in [-0.2, -0.15) is 0 Å². The van der Waals surface area contributed by atoms with Gasteiger partial charge in [0.1, 0.15) is 0 Å². The number of aliphatic carboxylic acids is 1. The molecule has 3 N–H and O–H groups in total. The molecule has 0 unspecified atom stereocenters. The Balaban J connectivity index is 4.59. The maximum absolute atomic E-state index is 11.6. The molecule has 0 atom stereocenters. The van der Waals surface area contributed by atoms with Crippen LogP contribution in [0.25, 0.3) is 0 Å². The summed E-state index contributed by atoms with van der Waals surface area (Å²) in [6, 6.07) is 0. The van der Waals surface area contributed by atoms with Crippen molar-refractivity contribution in [3.05, 3.63) is 12.7 Å². The lowest BCUT2D eigenvalue weighted by Crippen LogP contribution is -2.58. The molecule has 0 aliphatic carbocycles. The van der Waals surface area contributed by atoms with Gasteiger partial charge in [-0.3, -0.25) is 14.4 Å². The van der Waals surface area contributed by atoms with Gasteiger partial charge in [0.15, 0.2) is 0 Å². The maximum atomic E-state index is 11.6. The molecular weight excluding hydrogens is 236 g/mol. The van der Waals surface area contributed by atoms with Crippen LogP contribution in [0.15, 0.2) is 12.7 Å². The molecule has 0 saturated heterocycles. The van der Waals surface area contributed by atoms with E-state index in [1.54, 1.807) is 13.8 Å². The van der Waals surface area contributed by atoms with Gasteiger partial charge in [0.05, 0.1) is 17.5 Å². The minimum Gasteiger partial charge on any atom is -0.481 e. The summed E-state index contributed by atoms with van der Waals surface area (Å²) < 4.78 is 0. The van der Waals surface area contributed by atoms with E-state index >= 15 is 0 Å². The molecule has 0 aliphatic rings. The fourth-order valence-corrected chi connectivity index (χ4v) is 1.06. The Morgan fingerprint density at radius 2 is 1.72 bits per heavy atom. The summed E-state index contributed by atoms with van der Waals surface area (Å²) in [7, 11) is 0. The molecule has 0 radical (unpaired) electrons. The number of hydrogen-bond acceptors (Lipinski definition) is 3. The Kier molecular flexibility index (Phi) is 5.08. The minimum atomic E-state index is -1.13. The Morgan fingerprint density at radius 1 is 1.22 bits per heavy atom. The summed E-state index contributed by atoms with van der Waals surface area (Å²) in [5.74, 6) is -1.92.